The highest BCUT2D eigenvalue weighted by Crippen LogP contribution is 2.29. The van der Waals surface area contributed by atoms with Gasteiger partial charge in [0.2, 0.25) is 10.0 Å². The SMILES string of the molecule is COc1cc(CNS(=O)(=O)c2cc(F)ccc2OC)ccc1OC(C)C. The minimum atomic E-state index is -3.96. The van der Waals surface area contributed by atoms with Gasteiger partial charge in [-0.15, -0.1) is 0 Å². The van der Waals surface area contributed by atoms with Crippen LogP contribution in [0.25, 0.3) is 0 Å². The van der Waals surface area contributed by atoms with E-state index >= 15 is 0 Å². The Hall–Kier alpha value is -2.32. The number of ether oxygens (including phenoxy) is 3. The Labute approximate surface area is 152 Å². The summed E-state index contributed by atoms with van der Waals surface area (Å²) in [5.41, 5.74) is 0.664. The molecule has 26 heavy (non-hydrogen) atoms. The van der Waals surface area contributed by atoms with Crippen LogP contribution in [0.1, 0.15) is 19.4 Å². The summed E-state index contributed by atoms with van der Waals surface area (Å²) in [4.78, 5) is -0.258. The maximum atomic E-state index is 13.4. The van der Waals surface area contributed by atoms with Gasteiger partial charge < -0.3 is 14.2 Å². The molecule has 1 N–H and O–H groups in total. The first kappa shape index (κ1) is 20.0. The second kappa shape index (κ2) is 8.37. The quantitative estimate of drug-likeness (QED) is 0.758. The van der Waals surface area contributed by atoms with Crippen molar-refractivity contribution in [2.24, 2.45) is 0 Å². The fourth-order valence-electron chi connectivity index (χ4n) is 2.29. The van der Waals surface area contributed by atoms with E-state index in [2.05, 4.69) is 4.72 Å². The summed E-state index contributed by atoms with van der Waals surface area (Å²) in [7, 11) is -1.13. The second-order valence-electron chi connectivity index (χ2n) is 5.77. The van der Waals surface area contributed by atoms with Crippen molar-refractivity contribution in [3.8, 4) is 17.2 Å². The zero-order valence-corrected chi connectivity index (χ0v) is 15.9. The van der Waals surface area contributed by atoms with Crippen LogP contribution in [-0.2, 0) is 16.6 Å². The van der Waals surface area contributed by atoms with Crippen molar-refractivity contribution in [2.75, 3.05) is 14.2 Å². The van der Waals surface area contributed by atoms with E-state index in [1.807, 2.05) is 13.8 Å². The standard InChI is InChI=1S/C18H22FNO5S/c1-12(2)25-15-7-5-13(9-17(15)24-4)11-20-26(21,22)18-10-14(19)6-8-16(18)23-3/h5-10,12,20H,11H2,1-4H3. The van der Waals surface area contributed by atoms with Gasteiger partial charge >= 0.3 is 0 Å². The molecule has 0 unspecified atom stereocenters. The van der Waals surface area contributed by atoms with E-state index in [-0.39, 0.29) is 23.3 Å². The molecule has 0 saturated carbocycles. The number of benzene rings is 2. The summed E-state index contributed by atoms with van der Waals surface area (Å²) >= 11 is 0. The fourth-order valence-corrected chi connectivity index (χ4v) is 3.49. The monoisotopic (exact) mass is 383 g/mol. The third kappa shape index (κ3) is 4.86. The van der Waals surface area contributed by atoms with Crippen molar-refractivity contribution in [3.05, 3.63) is 47.8 Å². The van der Waals surface area contributed by atoms with Crippen LogP contribution in [-0.4, -0.2) is 28.7 Å². The minimum absolute atomic E-state index is 0.000317. The topological polar surface area (TPSA) is 73.9 Å². The highest BCUT2D eigenvalue weighted by Gasteiger charge is 2.20. The number of hydrogen-bond acceptors (Lipinski definition) is 5. The van der Waals surface area contributed by atoms with Gasteiger partial charge in [-0.05, 0) is 49.7 Å². The Morgan fingerprint density at radius 1 is 1.00 bits per heavy atom. The minimum Gasteiger partial charge on any atom is -0.495 e. The third-order valence-electron chi connectivity index (χ3n) is 3.47. The van der Waals surface area contributed by atoms with Gasteiger partial charge in [-0.3, -0.25) is 0 Å². The van der Waals surface area contributed by atoms with E-state index in [0.717, 1.165) is 12.1 Å². The van der Waals surface area contributed by atoms with Crippen LogP contribution in [0.15, 0.2) is 41.3 Å². The molecule has 0 spiro atoms. The molecule has 0 heterocycles. The molecule has 0 aliphatic rings. The van der Waals surface area contributed by atoms with E-state index in [0.29, 0.717) is 17.1 Å². The van der Waals surface area contributed by atoms with E-state index in [4.69, 9.17) is 14.2 Å². The molecule has 2 aromatic carbocycles. The van der Waals surface area contributed by atoms with Crippen LogP contribution in [0.4, 0.5) is 4.39 Å². The lowest BCUT2D eigenvalue weighted by molar-refractivity contribution is 0.230. The molecule has 2 aromatic rings. The van der Waals surface area contributed by atoms with Gasteiger partial charge in [0.1, 0.15) is 16.5 Å². The van der Waals surface area contributed by atoms with Crippen molar-refractivity contribution in [1.29, 1.82) is 0 Å². The number of nitrogens with one attached hydrogen (secondary N) is 1. The van der Waals surface area contributed by atoms with Crippen LogP contribution in [0, 0.1) is 5.82 Å². The Morgan fingerprint density at radius 3 is 2.27 bits per heavy atom. The predicted octanol–water partition coefficient (Wildman–Crippen LogP) is 3.11. The molecule has 0 aromatic heterocycles. The van der Waals surface area contributed by atoms with Crippen molar-refractivity contribution in [1.82, 2.24) is 4.72 Å². The molecule has 8 heteroatoms. The highest BCUT2D eigenvalue weighted by molar-refractivity contribution is 7.89. The number of methoxy groups -OCH3 is 2. The molecule has 0 amide bonds. The molecule has 6 nitrogen and oxygen atoms in total. The maximum Gasteiger partial charge on any atom is 0.244 e. The van der Waals surface area contributed by atoms with Crippen molar-refractivity contribution < 1.29 is 27.0 Å². The molecule has 0 bridgehead atoms. The van der Waals surface area contributed by atoms with Gasteiger partial charge in [-0.25, -0.2) is 17.5 Å². The summed E-state index contributed by atoms with van der Waals surface area (Å²) in [6, 6.07) is 8.45. The first-order chi connectivity index (χ1) is 12.3. The number of hydrogen-bond donors (Lipinski definition) is 1. The fraction of sp³-hybridized carbons (Fsp3) is 0.333. The molecule has 0 saturated heterocycles. The van der Waals surface area contributed by atoms with Crippen molar-refractivity contribution in [3.63, 3.8) is 0 Å². The molecular weight excluding hydrogens is 361 g/mol. The van der Waals surface area contributed by atoms with Crippen LogP contribution in [0.2, 0.25) is 0 Å². The lowest BCUT2D eigenvalue weighted by atomic mass is 10.2. The largest absolute Gasteiger partial charge is 0.495 e. The summed E-state index contributed by atoms with van der Waals surface area (Å²) in [5, 5.41) is 0. The highest BCUT2D eigenvalue weighted by atomic mass is 32.2. The van der Waals surface area contributed by atoms with E-state index in [9.17, 15) is 12.8 Å². The maximum absolute atomic E-state index is 13.4. The Bertz CT molecular complexity index is 868. The summed E-state index contributed by atoms with van der Waals surface area (Å²) in [5.74, 6) is 0.472. The molecule has 0 aliphatic heterocycles. The lowest BCUT2D eigenvalue weighted by Crippen LogP contribution is -2.24. The Kier molecular flexibility index (Phi) is 6.44. The first-order valence-corrected chi connectivity index (χ1v) is 9.42. The average molecular weight is 383 g/mol. The molecule has 0 atom stereocenters. The molecular formula is C18H22FNO5S. The van der Waals surface area contributed by atoms with E-state index in [1.165, 1.54) is 20.3 Å². The van der Waals surface area contributed by atoms with Crippen LogP contribution in [0.3, 0.4) is 0 Å². The van der Waals surface area contributed by atoms with E-state index < -0.39 is 15.8 Å². The number of halogens is 1. The lowest BCUT2D eigenvalue weighted by Gasteiger charge is -2.15. The van der Waals surface area contributed by atoms with Gasteiger partial charge in [0.15, 0.2) is 11.5 Å². The molecule has 142 valence electrons. The van der Waals surface area contributed by atoms with E-state index in [1.54, 1.807) is 18.2 Å². The summed E-state index contributed by atoms with van der Waals surface area (Å²) in [6.07, 6.45) is -0.0197. The predicted molar refractivity (Wildman–Crippen MR) is 95.7 cm³/mol. The van der Waals surface area contributed by atoms with Gasteiger partial charge in [0.05, 0.1) is 20.3 Å². The van der Waals surface area contributed by atoms with Gasteiger partial charge in [-0.2, -0.15) is 0 Å². The molecule has 0 fully saturated rings. The smallest absolute Gasteiger partial charge is 0.244 e. The average Bonchev–Trinajstić information content (AvgIpc) is 2.60. The van der Waals surface area contributed by atoms with Gasteiger partial charge in [0.25, 0.3) is 0 Å². The normalized spacial score (nSPS) is 11.5. The third-order valence-corrected chi connectivity index (χ3v) is 4.89. The van der Waals surface area contributed by atoms with Crippen LogP contribution in [0.5, 0.6) is 17.2 Å². The second-order valence-corrected chi connectivity index (χ2v) is 7.51. The first-order valence-electron chi connectivity index (χ1n) is 7.93. The Morgan fingerprint density at radius 2 is 1.65 bits per heavy atom. The van der Waals surface area contributed by atoms with Crippen LogP contribution < -0.4 is 18.9 Å². The Balaban J connectivity index is 2.21. The molecule has 0 radical (unpaired) electrons. The zero-order valence-electron chi connectivity index (χ0n) is 15.1. The van der Waals surface area contributed by atoms with Crippen molar-refractivity contribution in [2.45, 2.75) is 31.4 Å². The molecule has 0 aliphatic carbocycles. The van der Waals surface area contributed by atoms with Crippen LogP contribution >= 0.6 is 0 Å². The molecule has 2 rings (SSSR count). The van der Waals surface area contributed by atoms with Crippen molar-refractivity contribution >= 4 is 10.0 Å². The van der Waals surface area contributed by atoms with Gasteiger partial charge in [-0.1, -0.05) is 6.07 Å². The number of rotatable bonds is 8. The zero-order chi connectivity index (χ0) is 19.3. The number of sulfonamides is 1. The van der Waals surface area contributed by atoms with Gasteiger partial charge in [0, 0.05) is 6.54 Å². The summed E-state index contributed by atoms with van der Waals surface area (Å²) in [6.45, 7) is 3.79. The summed E-state index contributed by atoms with van der Waals surface area (Å²) < 4.78 is 56.8.